The molecule has 6 nitrogen and oxygen atoms in total. The Labute approximate surface area is 107 Å². The van der Waals surface area contributed by atoms with Crippen LogP contribution < -0.4 is 5.73 Å². The summed E-state index contributed by atoms with van der Waals surface area (Å²) in [7, 11) is 0. The van der Waals surface area contributed by atoms with Crippen molar-refractivity contribution in [2.45, 2.75) is 44.8 Å². The van der Waals surface area contributed by atoms with E-state index in [-0.39, 0.29) is 6.04 Å². The van der Waals surface area contributed by atoms with E-state index in [2.05, 4.69) is 10.1 Å². The maximum Gasteiger partial charge on any atom is 0.228 e. The van der Waals surface area contributed by atoms with Crippen LogP contribution in [0.25, 0.3) is 0 Å². The van der Waals surface area contributed by atoms with Crippen LogP contribution in [0.15, 0.2) is 4.52 Å². The van der Waals surface area contributed by atoms with Gasteiger partial charge in [0.2, 0.25) is 11.7 Å². The molecule has 0 aliphatic carbocycles. The largest absolute Gasteiger partial charge is 0.381 e. The van der Waals surface area contributed by atoms with Crippen molar-refractivity contribution < 1.29 is 14.0 Å². The smallest absolute Gasteiger partial charge is 0.228 e. The van der Waals surface area contributed by atoms with Crippen LogP contribution in [0, 0.1) is 0 Å². The summed E-state index contributed by atoms with van der Waals surface area (Å²) in [6, 6.07) is 0.0102. The third kappa shape index (κ3) is 2.88. The molecule has 0 radical (unpaired) electrons. The van der Waals surface area contributed by atoms with Gasteiger partial charge in [-0.2, -0.15) is 4.98 Å². The summed E-state index contributed by atoms with van der Waals surface area (Å²) >= 11 is 0. The molecule has 2 heterocycles. The second-order valence-electron chi connectivity index (χ2n) is 4.73. The molecule has 18 heavy (non-hydrogen) atoms. The molecular formula is C12H21N3O3. The van der Waals surface area contributed by atoms with E-state index in [0.29, 0.717) is 38.0 Å². The Morgan fingerprint density at radius 1 is 1.44 bits per heavy atom. The van der Waals surface area contributed by atoms with E-state index in [9.17, 15) is 0 Å². The van der Waals surface area contributed by atoms with Crippen molar-refractivity contribution in [3.8, 4) is 0 Å². The fourth-order valence-corrected chi connectivity index (χ4v) is 2.21. The number of ether oxygens (including phenoxy) is 2. The van der Waals surface area contributed by atoms with Gasteiger partial charge >= 0.3 is 0 Å². The molecule has 2 N–H and O–H groups in total. The average molecular weight is 255 g/mol. The van der Waals surface area contributed by atoms with E-state index in [4.69, 9.17) is 19.7 Å². The summed E-state index contributed by atoms with van der Waals surface area (Å²) in [5, 5.41) is 4.06. The first-order valence-electron chi connectivity index (χ1n) is 6.46. The molecule has 0 spiro atoms. The van der Waals surface area contributed by atoms with Gasteiger partial charge in [-0.3, -0.25) is 0 Å². The summed E-state index contributed by atoms with van der Waals surface area (Å²) in [5.41, 5.74) is 5.27. The van der Waals surface area contributed by atoms with Gasteiger partial charge in [0.1, 0.15) is 5.60 Å². The quantitative estimate of drug-likeness (QED) is 0.845. The van der Waals surface area contributed by atoms with E-state index >= 15 is 0 Å². The molecule has 1 saturated heterocycles. The number of aromatic nitrogens is 2. The number of nitrogens with zero attached hydrogens (tertiary/aromatic N) is 2. The van der Waals surface area contributed by atoms with Crippen molar-refractivity contribution in [2.24, 2.45) is 5.73 Å². The van der Waals surface area contributed by atoms with Gasteiger partial charge in [0.15, 0.2) is 0 Å². The Balaban J connectivity index is 2.17. The fraction of sp³-hybridized carbons (Fsp3) is 0.833. The monoisotopic (exact) mass is 255 g/mol. The number of hydrogen-bond donors (Lipinski definition) is 1. The maximum atomic E-state index is 5.88. The molecule has 6 heteroatoms. The van der Waals surface area contributed by atoms with E-state index in [1.807, 2.05) is 13.8 Å². The Bertz CT molecular complexity index is 367. The molecule has 1 aliphatic heterocycles. The third-order valence-corrected chi connectivity index (χ3v) is 3.09. The summed E-state index contributed by atoms with van der Waals surface area (Å²) in [5.74, 6) is 1.20. The van der Waals surface area contributed by atoms with Crippen LogP contribution in [-0.2, 0) is 21.5 Å². The van der Waals surface area contributed by atoms with Gasteiger partial charge in [0.25, 0.3) is 0 Å². The number of rotatable bonds is 5. The van der Waals surface area contributed by atoms with Gasteiger partial charge in [-0.15, -0.1) is 0 Å². The highest BCUT2D eigenvalue weighted by Crippen LogP contribution is 2.34. The van der Waals surface area contributed by atoms with Crippen LogP contribution in [0.4, 0.5) is 0 Å². The molecule has 1 aliphatic rings. The number of hydrogen-bond acceptors (Lipinski definition) is 6. The standard InChI is InChI=1S/C12H21N3O3/c1-3-17-12(4-6-16-7-5-12)11-14-10(18-15-11)8-9(2)13/h9H,3-8,13H2,1-2H3. The first-order valence-corrected chi connectivity index (χ1v) is 6.46. The first-order chi connectivity index (χ1) is 8.66. The molecule has 1 unspecified atom stereocenters. The lowest BCUT2D eigenvalue weighted by molar-refractivity contribution is -0.118. The molecule has 1 aromatic rings. The van der Waals surface area contributed by atoms with Crippen molar-refractivity contribution >= 4 is 0 Å². The zero-order chi connectivity index (χ0) is 13.0. The van der Waals surface area contributed by atoms with Crippen LogP contribution in [-0.4, -0.2) is 36.0 Å². The third-order valence-electron chi connectivity index (χ3n) is 3.09. The minimum atomic E-state index is -0.452. The van der Waals surface area contributed by atoms with Gasteiger partial charge in [0.05, 0.1) is 0 Å². The summed E-state index contributed by atoms with van der Waals surface area (Å²) < 4.78 is 16.5. The van der Waals surface area contributed by atoms with E-state index in [1.54, 1.807) is 0 Å². The van der Waals surface area contributed by atoms with Crippen molar-refractivity contribution in [3.05, 3.63) is 11.7 Å². The maximum absolute atomic E-state index is 5.88. The van der Waals surface area contributed by atoms with Crippen molar-refractivity contribution in [3.63, 3.8) is 0 Å². The molecular weight excluding hydrogens is 234 g/mol. The number of nitrogens with two attached hydrogens (primary N) is 1. The molecule has 1 aromatic heterocycles. The molecule has 0 amide bonds. The van der Waals surface area contributed by atoms with Gasteiger partial charge in [-0.1, -0.05) is 5.16 Å². The highest BCUT2D eigenvalue weighted by atomic mass is 16.5. The Kier molecular flexibility index (Phi) is 4.31. The van der Waals surface area contributed by atoms with Crippen LogP contribution in [0.5, 0.6) is 0 Å². The fourth-order valence-electron chi connectivity index (χ4n) is 2.21. The van der Waals surface area contributed by atoms with Crippen molar-refractivity contribution in [2.75, 3.05) is 19.8 Å². The van der Waals surface area contributed by atoms with Crippen LogP contribution in [0.2, 0.25) is 0 Å². The molecule has 0 saturated carbocycles. The Morgan fingerprint density at radius 2 is 2.17 bits per heavy atom. The van der Waals surface area contributed by atoms with E-state index < -0.39 is 5.60 Å². The zero-order valence-corrected chi connectivity index (χ0v) is 11.0. The molecule has 0 aromatic carbocycles. The SMILES string of the molecule is CCOC1(c2noc(CC(C)N)n2)CCOCC1. The predicted molar refractivity (Wildman–Crippen MR) is 65.0 cm³/mol. The van der Waals surface area contributed by atoms with E-state index in [1.165, 1.54) is 0 Å². The lowest BCUT2D eigenvalue weighted by atomic mass is 9.93. The van der Waals surface area contributed by atoms with Gasteiger partial charge < -0.3 is 19.7 Å². The predicted octanol–water partition coefficient (Wildman–Crippen LogP) is 1.00. The van der Waals surface area contributed by atoms with Crippen molar-refractivity contribution in [1.82, 2.24) is 10.1 Å². The normalized spacial score (nSPS) is 20.8. The second-order valence-corrected chi connectivity index (χ2v) is 4.73. The summed E-state index contributed by atoms with van der Waals surface area (Å²) in [6.07, 6.45) is 2.11. The molecule has 102 valence electrons. The van der Waals surface area contributed by atoms with Crippen LogP contribution >= 0.6 is 0 Å². The lowest BCUT2D eigenvalue weighted by Gasteiger charge is -2.33. The summed E-state index contributed by atoms with van der Waals surface area (Å²) in [6.45, 7) is 5.84. The molecule has 1 atom stereocenters. The average Bonchev–Trinajstić information content (AvgIpc) is 2.79. The molecule has 0 bridgehead atoms. The second kappa shape index (κ2) is 5.77. The van der Waals surface area contributed by atoms with E-state index in [0.717, 1.165) is 12.8 Å². The van der Waals surface area contributed by atoms with Crippen molar-refractivity contribution in [1.29, 1.82) is 0 Å². The summed E-state index contributed by atoms with van der Waals surface area (Å²) in [4.78, 5) is 4.43. The van der Waals surface area contributed by atoms with Gasteiger partial charge in [0, 0.05) is 45.1 Å². The first kappa shape index (κ1) is 13.5. The topological polar surface area (TPSA) is 83.4 Å². The Morgan fingerprint density at radius 3 is 2.78 bits per heavy atom. The highest BCUT2D eigenvalue weighted by molar-refractivity contribution is 5.03. The minimum Gasteiger partial charge on any atom is -0.381 e. The van der Waals surface area contributed by atoms with Gasteiger partial charge in [-0.25, -0.2) is 0 Å². The Hall–Kier alpha value is -0.980. The zero-order valence-electron chi connectivity index (χ0n) is 11.0. The molecule has 1 fully saturated rings. The minimum absolute atomic E-state index is 0.0102. The van der Waals surface area contributed by atoms with Crippen LogP contribution in [0.3, 0.4) is 0 Å². The van der Waals surface area contributed by atoms with Crippen LogP contribution in [0.1, 0.15) is 38.4 Å². The molecule has 2 rings (SSSR count). The highest BCUT2D eigenvalue weighted by Gasteiger charge is 2.39. The van der Waals surface area contributed by atoms with Gasteiger partial charge in [-0.05, 0) is 13.8 Å². The lowest BCUT2D eigenvalue weighted by Crippen LogP contribution is -2.37.